The van der Waals surface area contributed by atoms with Gasteiger partial charge in [0.05, 0.1) is 12.1 Å². The van der Waals surface area contributed by atoms with Crippen LogP contribution in [0, 0.1) is 17.3 Å². The van der Waals surface area contributed by atoms with Gasteiger partial charge in [-0.05, 0) is 37.0 Å². The molecule has 0 bridgehead atoms. The van der Waals surface area contributed by atoms with E-state index in [1.54, 1.807) is 0 Å². The Morgan fingerprint density at radius 2 is 1.74 bits per heavy atom. The minimum atomic E-state index is 0.120. The molecule has 1 rings (SSSR count). The third-order valence-electron chi connectivity index (χ3n) is 4.70. The molecule has 3 heteroatoms. The Balaban J connectivity index is 2.69. The highest BCUT2D eigenvalue weighted by Gasteiger charge is 2.38. The molecule has 2 unspecified atom stereocenters. The van der Waals surface area contributed by atoms with Gasteiger partial charge in [-0.25, -0.2) is 0 Å². The molecule has 19 heavy (non-hydrogen) atoms. The summed E-state index contributed by atoms with van der Waals surface area (Å²) in [7, 11) is 0. The molecule has 0 aromatic heterocycles. The van der Waals surface area contributed by atoms with E-state index in [0.29, 0.717) is 5.92 Å². The largest absolute Gasteiger partial charge is 0.376 e. The molecule has 114 valence electrons. The molecule has 2 atom stereocenters. The first-order chi connectivity index (χ1) is 8.93. The van der Waals surface area contributed by atoms with Gasteiger partial charge in [0.25, 0.3) is 0 Å². The van der Waals surface area contributed by atoms with Crippen LogP contribution in [0.2, 0.25) is 0 Å². The van der Waals surface area contributed by atoms with Crippen molar-refractivity contribution in [1.82, 2.24) is 5.43 Å². The number of ether oxygens (including phenoxy) is 1. The van der Waals surface area contributed by atoms with Crippen LogP contribution in [0.3, 0.4) is 0 Å². The van der Waals surface area contributed by atoms with Gasteiger partial charge in [-0.3, -0.25) is 11.3 Å². The molecule has 0 spiro atoms. The summed E-state index contributed by atoms with van der Waals surface area (Å²) in [6.07, 6.45) is 6.78. The van der Waals surface area contributed by atoms with Crippen molar-refractivity contribution in [2.45, 2.75) is 78.9 Å². The number of nitrogens with two attached hydrogens (primary N) is 1. The summed E-state index contributed by atoms with van der Waals surface area (Å²) in [5.41, 5.74) is 3.19. The number of nitrogens with one attached hydrogen (secondary N) is 1. The summed E-state index contributed by atoms with van der Waals surface area (Å²) in [4.78, 5) is 0. The maximum Gasteiger partial charge on any atom is 0.0792 e. The molecular formula is C16H34N2O. The van der Waals surface area contributed by atoms with Crippen molar-refractivity contribution in [2.75, 3.05) is 6.61 Å². The number of rotatable bonds is 6. The lowest BCUT2D eigenvalue weighted by molar-refractivity contribution is -0.0542. The second kappa shape index (κ2) is 7.61. The van der Waals surface area contributed by atoms with E-state index in [1.807, 2.05) is 0 Å². The summed E-state index contributed by atoms with van der Waals surface area (Å²) in [5, 5.41) is 0. The first-order valence-corrected chi connectivity index (χ1v) is 8.01. The van der Waals surface area contributed by atoms with Gasteiger partial charge < -0.3 is 4.74 Å². The molecule has 1 aliphatic carbocycles. The smallest absolute Gasteiger partial charge is 0.0792 e. The van der Waals surface area contributed by atoms with Crippen LogP contribution in [0.4, 0.5) is 0 Å². The highest BCUT2D eigenvalue weighted by atomic mass is 16.5. The quantitative estimate of drug-likeness (QED) is 0.574. The third-order valence-corrected chi connectivity index (χ3v) is 4.70. The summed E-state index contributed by atoms with van der Waals surface area (Å²) >= 11 is 0. The first-order valence-electron chi connectivity index (χ1n) is 8.01. The average molecular weight is 270 g/mol. The fourth-order valence-corrected chi connectivity index (χ4v) is 3.50. The normalized spacial score (nSPS) is 28.1. The van der Waals surface area contributed by atoms with Crippen LogP contribution in [-0.2, 0) is 4.74 Å². The minimum Gasteiger partial charge on any atom is -0.376 e. The SMILES string of the molecule is CCOC(C(NN)C1CCC(CC)CC1)C(C)(C)C. The predicted octanol–water partition coefficient (Wildman–Crippen LogP) is 3.49. The second-order valence-corrected chi connectivity index (χ2v) is 7.12. The van der Waals surface area contributed by atoms with E-state index in [9.17, 15) is 0 Å². The second-order valence-electron chi connectivity index (χ2n) is 7.12. The van der Waals surface area contributed by atoms with Crippen LogP contribution in [0.15, 0.2) is 0 Å². The van der Waals surface area contributed by atoms with Crippen molar-refractivity contribution in [3.05, 3.63) is 0 Å². The highest BCUT2D eigenvalue weighted by molar-refractivity contribution is 4.91. The molecule has 1 saturated carbocycles. The van der Waals surface area contributed by atoms with Gasteiger partial charge >= 0.3 is 0 Å². The van der Waals surface area contributed by atoms with Crippen LogP contribution < -0.4 is 11.3 Å². The fourth-order valence-electron chi connectivity index (χ4n) is 3.50. The lowest BCUT2D eigenvalue weighted by Gasteiger charge is -2.42. The van der Waals surface area contributed by atoms with Gasteiger partial charge in [-0.2, -0.15) is 0 Å². The van der Waals surface area contributed by atoms with Crippen molar-refractivity contribution in [1.29, 1.82) is 0 Å². The van der Waals surface area contributed by atoms with E-state index in [2.05, 4.69) is 40.0 Å². The number of hydrogen-bond donors (Lipinski definition) is 2. The van der Waals surface area contributed by atoms with Gasteiger partial charge in [-0.15, -0.1) is 0 Å². The van der Waals surface area contributed by atoms with Crippen LogP contribution in [-0.4, -0.2) is 18.8 Å². The zero-order chi connectivity index (χ0) is 14.5. The molecule has 0 aromatic rings. The van der Waals surface area contributed by atoms with E-state index in [4.69, 9.17) is 10.6 Å². The van der Waals surface area contributed by atoms with Crippen molar-refractivity contribution >= 4 is 0 Å². The lowest BCUT2D eigenvalue weighted by atomic mass is 9.72. The van der Waals surface area contributed by atoms with Gasteiger partial charge in [0.15, 0.2) is 0 Å². The van der Waals surface area contributed by atoms with E-state index in [1.165, 1.54) is 32.1 Å². The molecule has 3 nitrogen and oxygen atoms in total. The Morgan fingerprint density at radius 3 is 2.11 bits per heavy atom. The molecule has 0 heterocycles. The maximum absolute atomic E-state index is 6.02. The Bertz CT molecular complexity index is 242. The van der Waals surface area contributed by atoms with Crippen molar-refractivity contribution in [2.24, 2.45) is 23.1 Å². The van der Waals surface area contributed by atoms with E-state index < -0.39 is 0 Å². The van der Waals surface area contributed by atoms with Gasteiger partial charge in [-0.1, -0.05) is 47.0 Å². The van der Waals surface area contributed by atoms with Crippen LogP contribution in [0.1, 0.15) is 66.7 Å². The predicted molar refractivity (Wildman–Crippen MR) is 81.7 cm³/mol. The topological polar surface area (TPSA) is 47.3 Å². The van der Waals surface area contributed by atoms with Gasteiger partial charge in [0, 0.05) is 6.61 Å². The van der Waals surface area contributed by atoms with Crippen molar-refractivity contribution in [3.63, 3.8) is 0 Å². The molecule has 1 aliphatic rings. The Labute approximate surface area is 119 Å². The molecular weight excluding hydrogens is 236 g/mol. The number of hydrazine groups is 1. The molecule has 3 N–H and O–H groups in total. The molecule has 0 radical (unpaired) electrons. The highest BCUT2D eigenvalue weighted by Crippen LogP contribution is 2.37. The lowest BCUT2D eigenvalue weighted by Crippen LogP contribution is -2.55. The maximum atomic E-state index is 6.02. The zero-order valence-electron chi connectivity index (χ0n) is 13.5. The third kappa shape index (κ3) is 4.73. The molecule has 0 saturated heterocycles. The van der Waals surface area contributed by atoms with E-state index in [0.717, 1.165) is 12.5 Å². The first kappa shape index (κ1) is 16.9. The van der Waals surface area contributed by atoms with Crippen LogP contribution in [0.25, 0.3) is 0 Å². The molecule has 0 amide bonds. The fraction of sp³-hybridized carbons (Fsp3) is 1.00. The molecule has 1 fully saturated rings. The summed E-state index contributed by atoms with van der Waals surface area (Å²) < 4.78 is 6.02. The standard InChI is InChI=1S/C16H34N2O/c1-6-12-8-10-13(11-9-12)14(18-17)15(19-7-2)16(3,4)5/h12-15,18H,6-11,17H2,1-5H3. The van der Waals surface area contributed by atoms with Crippen molar-refractivity contribution in [3.8, 4) is 0 Å². The molecule has 0 aliphatic heterocycles. The van der Waals surface area contributed by atoms with Crippen LogP contribution in [0.5, 0.6) is 0 Å². The van der Waals surface area contributed by atoms with E-state index >= 15 is 0 Å². The summed E-state index contributed by atoms with van der Waals surface area (Å²) in [6, 6.07) is 0.276. The summed E-state index contributed by atoms with van der Waals surface area (Å²) in [6.45, 7) is 11.9. The Hall–Kier alpha value is -0.120. The zero-order valence-corrected chi connectivity index (χ0v) is 13.5. The van der Waals surface area contributed by atoms with Gasteiger partial charge in [0.2, 0.25) is 0 Å². The van der Waals surface area contributed by atoms with Crippen LogP contribution >= 0.6 is 0 Å². The molecule has 0 aromatic carbocycles. The monoisotopic (exact) mass is 270 g/mol. The van der Waals surface area contributed by atoms with Gasteiger partial charge in [0.1, 0.15) is 0 Å². The van der Waals surface area contributed by atoms with Crippen molar-refractivity contribution < 1.29 is 4.74 Å². The Kier molecular flexibility index (Phi) is 6.78. The minimum absolute atomic E-state index is 0.120. The van der Waals surface area contributed by atoms with E-state index in [-0.39, 0.29) is 17.6 Å². The summed E-state index contributed by atoms with van der Waals surface area (Å²) in [5.74, 6) is 7.45. The number of hydrogen-bond acceptors (Lipinski definition) is 3. The Morgan fingerprint density at radius 1 is 1.16 bits per heavy atom. The average Bonchev–Trinajstić information content (AvgIpc) is 2.38.